The molecule has 2 aromatic rings. The maximum atomic E-state index is 12.5. The van der Waals surface area contributed by atoms with Gasteiger partial charge in [-0.2, -0.15) is 0 Å². The Morgan fingerprint density at radius 2 is 1.95 bits per heavy atom. The molecule has 1 aromatic carbocycles. The lowest BCUT2D eigenvalue weighted by Crippen LogP contribution is -2.34. The Morgan fingerprint density at radius 1 is 1.23 bits per heavy atom. The van der Waals surface area contributed by atoms with Crippen LogP contribution in [0.2, 0.25) is 0 Å². The Morgan fingerprint density at radius 3 is 2.68 bits per heavy atom. The summed E-state index contributed by atoms with van der Waals surface area (Å²) in [7, 11) is 0. The highest BCUT2D eigenvalue weighted by atomic mass is 16.5. The predicted molar refractivity (Wildman–Crippen MR) is 84.6 cm³/mol. The maximum Gasteiger partial charge on any atom is 0.261 e. The average molecular weight is 296 g/mol. The molecule has 0 spiro atoms. The van der Waals surface area contributed by atoms with Crippen molar-refractivity contribution in [3.05, 3.63) is 59.9 Å². The van der Waals surface area contributed by atoms with Crippen LogP contribution < -0.4 is 4.74 Å². The van der Waals surface area contributed by atoms with Crippen molar-refractivity contribution >= 4 is 5.91 Å². The molecule has 4 nitrogen and oxygen atoms in total. The standard InChI is InChI=1S/C18H20N2O2/c1-14-4-6-16(7-5-14)22-13-18(21)20-12-2-3-17(20)15-8-10-19-11-9-15/h4-11,17H,2-3,12-13H2,1H3. The molecule has 1 saturated heterocycles. The van der Waals surface area contributed by atoms with Crippen LogP contribution in [0.25, 0.3) is 0 Å². The van der Waals surface area contributed by atoms with Crippen molar-refractivity contribution in [1.82, 2.24) is 9.88 Å². The van der Waals surface area contributed by atoms with E-state index < -0.39 is 0 Å². The lowest BCUT2D eigenvalue weighted by Gasteiger charge is -2.25. The number of benzene rings is 1. The van der Waals surface area contributed by atoms with Gasteiger partial charge in [-0.3, -0.25) is 9.78 Å². The van der Waals surface area contributed by atoms with Crippen LogP contribution in [0.4, 0.5) is 0 Å². The number of ether oxygens (including phenoxy) is 1. The van der Waals surface area contributed by atoms with Crippen molar-refractivity contribution in [2.75, 3.05) is 13.2 Å². The molecule has 1 unspecified atom stereocenters. The Bertz CT molecular complexity index is 625. The lowest BCUT2D eigenvalue weighted by molar-refractivity contribution is -0.134. The van der Waals surface area contributed by atoms with E-state index in [1.807, 2.05) is 48.2 Å². The third kappa shape index (κ3) is 3.27. The zero-order chi connectivity index (χ0) is 15.4. The number of rotatable bonds is 4. The van der Waals surface area contributed by atoms with Crippen LogP contribution in [0, 0.1) is 6.92 Å². The van der Waals surface area contributed by atoms with Crippen LogP contribution in [0.5, 0.6) is 5.75 Å². The second-order valence-corrected chi connectivity index (χ2v) is 5.63. The number of hydrogen-bond donors (Lipinski definition) is 0. The maximum absolute atomic E-state index is 12.5. The van der Waals surface area contributed by atoms with Crippen molar-refractivity contribution in [1.29, 1.82) is 0 Å². The molecule has 0 radical (unpaired) electrons. The summed E-state index contributed by atoms with van der Waals surface area (Å²) in [5.41, 5.74) is 2.33. The van der Waals surface area contributed by atoms with Gasteiger partial charge in [0.25, 0.3) is 5.91 Å². The first kappa shape index (κ1) is 14.6. The molecule has 114 valence electrons. The molecule has 0 aliphatic carbocycles. The molecule has 0 saturated carbocycles. The quantitative estimate of drug-likeness (QED) is 0.870. The topological polar surface area (TPSA) is 42.4 Å². The summed E-state index contributed by atoms with van der Waals surface area (Å²) in [4.78, 5) is 18.4. The Labute approximate surface area is 130 Å². The van der Waals surface area contributed by atoms with E-state index in [-0.39, 0.29) is 18.6 Å². The minimum atomic E-state index is 0.0416. The second kappa shape index (κ2) is 6.60. The predicted octanol–water partition coefficient (Wildman–Crippen LogP) is 3.13. The Kier molecular flexibility index (Phi) is 4.37. The molecule has 1 atom stereocenters. The Balaban J connectivity index is 1.62. The minimum Gasteiger partial charge on any atom is -0.484 e. The average Bonchev–Trinajstić information content (AvgIpc) is 3.04. The fourth-order valence-electron chi connectivity index (χ4n) is 2.86. The molecule has 1 aromatic heterocycles. The first-order valence-corrected chi connectivity index (χ1v) is 7.63. The van der Waals surface area contributed by atoms with E-state index in [0.717, 1.165) is 30.7 Å². The molecule has 22 heavy (non-hydrogen) atoms. The Hall–Kier alpha value is -2.36. The highest BCUT2D eigenvalue weighted by molar-refractivity contribution is 5.78. The van der Waals surface area contributed by atoms with Gasteiger partial charge in [0.15, 0.2) is 6.61 Å². The van der Waals surface area contributed by atoms with Gasteiger partial charge in [-0.05, 0) is 49.6 Å². The van der Waals surface area contributed by atoms with Gasteiger partial charge in [-0.15, -0.1) is 0 Å². The first-order valence-electron chi connectivity index (χ1n) is 7.63. The van der Waals surface area contributed by atoms with Gasteiger partial charge >= 0.3 is 0 Å². The molecule has 1 fully saturated rings. The number of hydrogen-bond acceptors (Lipinski definition) is 3. The highest BCUT2D eigenvalue weighted by Crippen LogP contribution is 2.31. The molecular weight excluding hydrogens is 276 g/mol. The number of amides is 1. The smallest absolute Gasteiger partial charge is 0.261 e. The molecule has 4 heteroatoms. The van der Waals surface area contributed by atoms with Crippen LogP contribution in [-0.4, -0.2) is 28.9 Å². The van der Waals surface area contributed by atoms with Crippen molar-refractivity contribution in [3.8, 4) is 5.75 Å². The number of aryl methyl sites for hydroxylation is 1. The van der Waals surface area contributed by atoms with Gasteiger partial charge in [0, 0.05) is 18.9 Å². The zero-order valence-electron chi connectivity index (χ0n) is 12.7. The number of aromatic nitrogens is 1. The van der Waals surface area contributed by atoms with Crippen LogP contribution in [0.1, 0.15) is 30.0 Å². The second-order valence-electron chi connectivity index (χ2n) is 5.63. The minimum absolute atomic E-state index is 0.0416. The van der Waals surface area contributed by atoms with E-state index in [9.17, 15) is 4.79 Å². The van der Waals surface area contributed by atoms with E-state index in [1.54, 1.807) is 12.4 Å². The van der Waals surface area contributed by atoms with Gasteiger partial charge in [-0.1, -0.05) is 17.7 Å². The fraction of sp³-hybridized carbons (Fsp3) is 0.333. The number of nitrogens with zero attached hydrogens (tertiary/aromatic N) is 2. The first-order chi connectivity index (χ1) is 10.7. The normalized spacial score (nSPS) is 17.5. The van der Waals surface area contributed by atoms with E-state index in [1.165, 1.54) is 5.56 Å². The van der Waals surface area contributed by atoms with Crippen LogP contribution in [0.15, 0.2) is 48.8 Å². The fourth-order valence-corrected chi connectivity index (χ4v) is 2.86. The number of pyridine rings is 1. The van der Waals surface area contributed by atoms with E-state index >= 15 is 0 Å². The molecule has 3 rings (SSSR count). The van der Waals surface area contributed by atoms with E-state index in [4.69, 9.17) is 4.74 Å². The monoisotopic (exact) mass is 296 g/mol. The summed E-state index contributed by atoms with van der Waals surface area (Å²) >= 11 is 0. The van der Waals surface area contributed by atoms with E-state index in [0.29, 0.717) is 0 Å². The third-order valence-electron chi connectivity index (χ3n) is 4.05. The van der Waals surface area contributed by atoms with Crippen molar-refractivity contribution < 1.29 is 9.53 Å². The summed E-state index contributed by atoms with van der Waals surface area (Å²) in [5.74, 6) is 0.776. The summed E-state index contributed by atoms with van der Waals surface area (Å²) in [6, 6.07) is 11.9. The largest absolute Gasteiger partial charge is 0.484 e. The van der Waals surface area contributed by atoms with Gasteiger partial charge < -0.3 is 9.64 Å². The molecule has 2 heterocycles. The summed E-state index contributed by atoms with van der Waals surface area (Å²) in [6.45, 7) is 2.91. The van der Waals surface area contributed by atoms with Crippen molar-refractivity contribution in [3.63, 3.8) is 0 Å². The number of carbonyl (C=O) groups is 1. The van der Waals surface area contributed by atoms with Crippen molar-refractivity contribution in [2.45, 2.75) is 25.8 Å². The number of likely N-dealkylation sites (tertiary alicyclic amines) is 1. The summed E-state index contributed by atoms with van der Waals surface area (Å²) in [5, 5.41) is 0. The van der Waals surface area contributed by atoms with Crippen LogP contribution in [-0.2, 0) is 4.79 Å². The van der Waals surface area contributed by atoms with Gasteiger partial charge in [0.05, 0.1) is 6.04 Å². The highest BCUT2D eigenvalue weighted by Gasteiger charge is 2.29. The molecule has 1 aliphatic heterocycles. The van der Waals surface area contributed by atoms with Crippen LogP contribution >= 0.6 is 0 Å². The summed E-state index contributed by atoms with van der Waals surface area (Å²) in [6.07, 6.45) is 5.59. The molecule has 1 amide bonds. The molecule has 1 aliphatic rings. The van der Waals surface area contributed by atoms with Gasteiger partial charge in [0.2, 0.25) is 0 Å². The summed E-state index contributed by atoms with van der Waals surface area (Å²) < 4.78 is 5.62. The molecule has 0 bridgehead atoms. The van der Waals surface area contributed by atoms with Crippen molar-refractivity contribution in [2.24, 2.45) is 0 Å². The zero-order valence-corrected chi connectivity index (χ0v) is 12.7. The lowest BCUT2D eigenvalue weighted by atomic mass is 10.1. The van der Waals surface area contributed by atoms with Gasteiger partial charge in [-0.25, -0.2) is 0 Å². The molecule has 0 N–H and O–H groups in total. The molecular formula is C18H20N2O2. The van der Waals surface area contributed by atoms with E-state index in [2.05, 4.69) is 4.98 Å². The van der Waals surface area contributed by atoms with Gasteiger partial charge in [0.1, 0.15) is 5.75 Å². The third-order valence-corrected chi connectivity index (χ3v) is 4.05. The van der Waals surface area contributed by atoms with Crippen LogP contribution in [0.3, 0.4) is 0 Å². The number of carbonyl (C=O) groups excluding carboxylic acids is 1. The SMILES string of the molecule is Cc1ccc(OCC(=O)N2CCCC2c2ccncc2)cc1.